The molecule has 0 aliphatic rings. The molecule has 0 radical (unpaired) electrons. The van der Waals surface area contributed by atoms with Gasteiger partial charge in [0.2, 0.25) is 0 Å². The van der Waals surface area contributed by atoms with E-state index in [9.17, 15) is 9.59 Å². The lowest BCUT2D eigenvalue weighted by Gasteiger charge is -2.10. The standard InChI is InChI=1S/C13H15N5O2S/c1-8(2)15-13(20)18-17-11(19)10-7-21-12(16-10)9-3-5-14-6-4-9/h3-8H,1-2H3,(H,17,19)(H2,15,18,20). The van der Waals surface area contributed by atoms with Gasteiger partial charge in [-0.1, -0.05) is 0 Å². The predicted octanol–water partition coefficient (Wildman–Crippen LogP) is 1.56. The fourth-order valence-corrected chi connectivity index (χ4v) is 2.29. The summed E-state index contributed by atoms with van der Waals surface area (Å²) < 4.78 is 0. The Morgan fingerprint density at radius 2 is 1.90 bits per heavy atom. The van der Waals surface area contributed by atoms with Crippen LogP contribution in [0.5, 0.6) is 0 Å². The molecule has 7 nitrogen and oxygen atoms in total. The molecule has 8 heteroatoms. The fourth-order valence-electron chi connectivity index (χ4n) is 1.48. The van der Waals surface area contributed by atoms with Gasteiger partial charge in [0.15, 0.2) is 0 Å². The van der Waals surface area contributed by atoms with E-state index in [2.05, 4.69) is 26.1 Å². The second kappa shape index (κ2) is 6.80. The average molecular weight is 305 g/mol. The van der Waals surface area contributed by atoms with Gasteiger partial charge in [-0.2, -0.15) is 0 Å². The average Bonchev–Trinajstić information content (AvgIpc) is 2.95. The summed E-state index contributed by atoms with van der Waals surface area (Å²) in [6.45, 7) is 3.64. The fraction of sp³-hybridized carbons (Fsp3) is 0.231. The number of nitrogens with zero attached hydrogens (tertiary/aromatic N) is 2. The highest BCUT2D eigenvalue weighted by atomic mass is 32.1. The van der Waals surface area contributed by atoms with Crippen LogP contribution in [0, 0.1) is 0 Å². The number of hydrogen-bond donors (Lipinski definition) is 3. The minimum Gasteiger partial charge on any atom is -0.335 e. The van der Waals surface area contributed by atoms with E-state index in [4.69, 9.17) is 0 Å². The Morgan fingerprint density at radius 3 is 2.57 bits per heavy atom. The van der Waals surface area contributed by atoms with Crippen LogP contribution < -0.4 is 16.2 Å². The molecule has 0 saturated heterocycles. The van der Waals surface area contributed by atoms with Gasteiger partial charge in [0.1, 0.15) is 10.7 Å². The highest BCUT2D eigenvalue weighted by molar-refractivity contribution is 7.13. The van der Waals surface area contributed by atoms with Crippen LogP contribution in [0.1, 0.15) is 24.3 Å². The first kappa shape index (κ1) is 14.9. The number of carbonyl (C=O) groups is 2. The summed E-state index contributed by atoms with van der Waals surface area (Å²) in [6.07, 6.45) is 3.32. The molecule has 21 heavy (non-hydrogen) atoms. The van der Waals surface area contributed by atoms with Crippen molar-refractivity contribution in [3.8, 4) is 10.6 Å². The minimum atomic E-state index is -0.470. The first-order valence-electron chi connectivity index (χ1n) is 6.29. The Hall–Kier alpha value is -2.48. The molecule has 0 fully saturated rings. The van der Waals surface area contributed by atoms with Crippen LogP contribution in [0.3, 0.4) is 0 Å². The van der Waals surface area contributed by atoms with Crippen molar-refractivity contribution in [1.29, 1.82) is 0 Å². The number of carbonyl (C=O) groups excluding carboxylic acids is 2. The van der Waals surface area contributed by atoms with Crippen molar-refractivity contribution in [2.75, 3.05) is 0 Å². The monoisotopic (exact) mass is 305 g/mol. The minimum absolute atomic E-state index is 0.0144. The second-order valence-corrected chi connectivity index (χ2v) is 5.34. The zero-order chi connectivity index (χ0) is 15.2. The lowest BCUT2D eigenvalue weighted by Crippen LogP contribution is -2.48. The molecule has 0 saturated carbocycles. The molecule has 2 aromatic rings. The zero-order valence-electron chi connectivity index (χ0n) is 11.6. The number of hydrazine groups is 1. The van der Waals surface area contributed by atoms with E-state index in [1.165, 1.54) is 11.3 Å². The zero-order valence-corrected chi connectivity index (χ0v) is 12.4. The van der Waals surface area contributed by atoms with Gasteiger partial charge in [0.05, 0.1) is 0 Å². The molecule has 0 atom stereocenters. The quantitative estimate of drug-likeness (QED) is 0.750. The van der Waals surface area contributed by atoms with Gasteiger partial charge in [-0.05, 0) is 26.0 Å². The first-order chi connectivity index (χ1) is 10.1. The number of rotatable bonds is 3. The molecule has 3 amide bonds. The lowest BCUT2D eigenvalue weighted by molar-refractivity contribution is 0.0931. The maximum Gasteiger partial charge on any atom is 0.333 e. The summed E-state index contributed by atoms with van der Waals surface area (Å²) >= 11 is 1.35. The third-order valence-corrected chi connectivity index (χ3v) is 3.26. The molecule has 0 aliphatic carbocycles. The molecular formula is C13H15N5O2S. The normalized spacial score (nSPS) is 10.2. The van der Waals surface area contributed by atoms with Gasteiger partial charge in [0, 0.05) is 29.4 Å². The molecule has 0 aliphatic heterocycles. The molecule has 0 bridgehead atoms. The van der Waals surface area contributed by atoms with Crippen LogP contribution in [-0.2, 0) is 0 Å². The molecule has 2 aromatic heterocycles. The van der Waals surface area contributed by atoms with Crippen molar-refractivity contribution in [2.24, 2.45) is 0 Å². The van der Waals surface area contributed by atoms with E-state index >= 15 is 0 Å². The van der Waals surface area contributed by atoms with Crippen molar-refractivity contribution in [3.05, 3.63) is 35.6 Å². The summed E-state index contributed by atoms with van der Waals surface area (Å²) in [7, 11) is 0. The van der Waals surface area contributed by atoms with E-state index in [0.717, 1.165) is 5.56 Å². The van der Waals surface area contributed by atoms with Crippen LogP contribution in [0.15, 0.2) is 29.9 Å². The van der Waals surface area contributed by atoms with E-state index < -0.39 is 11.9 Å². The summed E-state index contributed by atoms with van der Waals surface area (Å²) in [5.74, 6) is -0.467. The van der Waals surface area contributed by atoms with Gasteiger partial charge in [-0.15, -0.1) is 11.3 Å². The van der Waals surface area contributed by atoms with E-state index in [1.807, 2.05) is 26.0 Å². The van der Waals surface area contributed by atoms with Crippen molar-refractivity contribution in [2.45, 2.75) is 19.9 Å². The van der Waals surface area contributed by atoms with E-state index in [1.54, 1.807) is 17.8 Å². The SMILES string of the molecule is CC(C)NC(=O)NNC(=O)c1csc(-c2ccncc2)n1. The van der Waals surface area contributed by atoms with Crippen LogP contribution in [-0.4, -0.2) is 27.9 Å². The van der Waals surface area contributed by atoms with E-state index in [-0.39, 0.29) is 11.7 Å². The van der Waals surface area contributed by atoms with Crippen molar-refractivity contribution in [1.82, 2.24) is 26.1 Å². The number of hydrogen-bond acceptors (Lipinski definition) is 5. The Bertz CT molecular complexity index is 627. The van der Waals surface area contributed by atoms with Gasteiger partial charge < -0.3 is 5.32 Å². The Morgan fingerprint density at radius 1 is 1.19 bits per heavy atom. The summed E-state index contributed by atoms with van der Waals surface area (Å²) in [5, 5.41) is 4.94. The van der Waals surface area contributed by atoms with Crippen LogP contribution in [0.2, 0.25) is 0 Å². The molecule has 2 rings (SSSR count). The lowest BCUT2D eigenvalue weighted by atomic mass is 10.3. The number of thiazole rings is 1. The van der Waals surface area contributed by atoms with Crippen molar-refractivity contribution in [3.63, 3.8) is 0 Å². The molecule has 110 valence electrons. The maximum atomic E-state index is 11.9. The third kappa shape index (κ3) is 4.25. The maximum absolute atomic E-state index is 11.9. The molecule has 0 unspecified atom stereocenters. The van der Waals surface area contributed by atoms with Gasteiger partial charge >= 0.3 is 6.03 Å². The number of amides is 3. The third-order valence-electron chi connectivity index (χ3n) is 2.37. The van der Waals surface area contributed by atoms with Gasteiger partial charge in [0.25, 0.3) is 5.91 Å². The molecule has 3 N–H and O–H groups in total. The van der Waals surface area contributed by atoms with E-state index in [0.29, 0.717) is 5.01 Å². The molecule has 0 aromatic carbocycles. The molecule has 2 heterocycles. The van der Waals surface area contributed by atoms with Crippen LogP contribution in [0.25, 0.3) is 10.6 Å². The van der Waals surface area contributed by atoms with Crippen LogP contribution in [0.4, 0.5) is 4.79 Å². The smallest absolute Gasteiger partial charge is 0.333 e. The highest BCUT2D eigenvalue weighted by Crippen LogP contribution is 2.22. The Kier molecular flexibility index (Phi) is 4.83. The largest absolute Gasteiger partial charge is 0.335 e. The predicted molar refractivity (Wildman–Crippen MR) is 79.6 cm³/mol. The van der Waals surface area contributed by atoms with Crippen molar-refractivity contribution < 1.29 is 9.59 Å². The second-order valence-electron chi connectivity index (χ2n) is 4.48. The first-order valence-corrected chi connectivity index (χ1v) is 7.17. The van der Waals surface area contributed by atoms with Crippen molar-refractivity contribution >= 4 is 23.3 Å². The van der Waals surface area contributed by atoms with Gasteiger partial charge in [-0.25, -0.2) is 15.2 Å². The number of urea groups is 1. The molecular weight excluding hydrogens is 290 g/mol. The Labute approximate surface area is 125 Å². The number of pyridine rings is 1. The summed E-state index contributed by atoms with van der Waals surface area (Å²) in [4.78, 5) is 31.4. The summed E-state index contributed by atoms with van der Waals surface area (Å²) in [6, 6.07) is 3.14. The topological polar surface area (TPSA) is 96.0 Å². The number of aromatic nitrogens is 2. The Balaban J connectivity index is 1.95. The highest BCUT2D eigenvalue weighted by Gasteiger charge is 2.12. The van der Waals surface area contributed by atoms with Gasteiger partial charge in [-0.3, -0.25) is 15.2 Å². The molecule has 0 spiro atoms. The number of nitrogens with one attached hydrogen (secondary N) is 3. The summed E-state index contributed by atoms with van der Waals surface area (Å²) in [5.41, 5.74) is 5.70. The van der Waals surface area contributed by atoms with Crippen LogP contribution >= 0.6 is 11.3 Å².